The molecular weight excluding hydrogens is 423 g/mol. The van der Waals surface area contributed by atoms with Crippen LogP contribution in [0.2, 0.25) is 4.34 Å². The van der Waals surface area contributed by atoms with Gasteiger partial charge < -0.3 is 14.6 Å². The van der Waals surface area contributed by atoms with E-state index < -0.39 is 6.09 Å². The Balaban J connectivity index is 1.56. The molecule has 0 aliphatic heterocycles. The summed E-state index contributed by atoms with van der Waals surface area (Å²) in [6.45, 7) is 0.451. The van der Waals surface area contributed by atoms with Gasteiger partial charge in [-0.05, 0) is 36.4 Å². The van der Waals surface area contributed by atoms with Crippen LogP contribution in [0.25, 0.3) is 5.69 Å². The highest BCUT2D eigenvalue weighted by atomic mass is 35.5. The number of halogens is 2. The molecule has 0 unspecified atom stereocenters. The molecule has 2 N–H and O–H groups in total. The Morgan fingerprint density at radius 2 is 1.96 bits per heavy atom. The van der Waals surface area contributed by atoms with Crippen molar-refractivity contribution in [2.45, 2.75) is 6.54 Å². The normalized spacial score (nSPS) is 10.5. The summed E-state index contributed by atoms with van der Waals surface area (Å²) in [6, 6.07) is 10.5. The SMILES string of the molecule is O=C(Nc1ccc(-n2cnc(CNC(=O)c3ccc(Cl)s3)c2)cc1)OCCCl. The average Bonchev–Trinajstić information content (AvgIpc) is 3.34. The Morgan fingerprint density at radius 1 is 1.18 bits per heavy atom. The Labute approximate surface area is 175 Å². The summed E-state index contributed by atoms with van der Waals surface area (Å²) in [5.41, 5.74) is 2.17. The zero-order chi connectivity index (χ0) is 19.9. The third kappa shape index (κ3) is 5.48. The van der Waals surface area contributed by atoms with Crippen LogP contribution in [-0.2, 0) is 11.3 Å². The van der Waals surface area contributed by atoms with Crippen LogP contribution >= 0.6 is 34.5 Å². The molecule has 0 spiro atoms. The van der Waals surface area contributed by atoms with Crippen LogP contribution in [0, 0.1) is 0 Å². The largest absolute Gasteiger partial charge is 0.448 e. The van der Waals surface area contributed by atoms with Gasteiger partial charge in [0.25, 0.3) is 5.91 Å². The van der Waals surface area contributed by atoms with E-state index in [2.05, 4.69) is 15.6 Å². The molecule has 3 aromatic rings. The molecule has 2 heterocycles. The van der Waals surface area contributed by atoms with E-state index in [1.807, 2.05) is 22.9 Å². The van der Waals surface area contributed by atoms with Gasteiger partial charge >= 0.3 is 6.09 Å². The molecule has 10 heteroatoms. The van der Waals surface area contributed by atoms with Crippen molar-refractivity contribution in [3.05, 3.63) is 63.8 Å². The number of nitrogens with zero attached hydrogens (tertiary/aromatic N) is 2. The molecule has 0 bridgehead atoms. The Kier molecular flexibility index (Phi) is 6.91. The van der Waals surface area contributed by atoms with E-state index in [-0.39, 0.29) is 18.4 Å². The van der Waals surface area contributed by atoms with E-state index in [4.69, 9.17) is 27.9 Å². The molecule has 28 heavy (non-hydrogen) atoms. The van der Waals surface area contributed by atoms with Gasteiger partial charge in [-0.25, -0.2) is 9.78 Å². The molecule has 0 aliphatic rings. The summed E-state index contributed by atoms with van der Waals surface area (Å²) in [4.78, 5) is 28.4. The summed E-state index contributed by atoms with van der Waals surface area (Å²) in [7, 11) is 0. The summed E-state index contributed by atoms with van der Waals surface area (Å²) in [5, 5.41) is 5.42. The topological polar surface area (TPSA) is 85.3 Å². The van der Waals surface area contributed by atoms with E-state index in [1.54, 1.807) is 30.6 Å². The lowest BCUT2D eigenvalue weighted by Gasteiger charge is -2.07. The van der Waals surface area contributed by atoms with Crippen molar-refractivity contribution in [1.29, 1.82) is 0 Å². The molecule has 1 aromatic carbocycles. The number of carbonyl (C=O) groups excluding carboxylic acids is 2. The van der Waals surface area contributed by atoms with Crippen LogP contribution in [0.15, 0.2) is 48.9 Å². The maximum Gasteiger partial charge on any atom is 0.411 e. The van der Waals surface area contributed by atoms with Gasteiger partial charge in [0, 0.05) is 17.6 Å². The molecule has 0 saturated carbocycles. The Bertz CT molecular complexity index is 956. The van der Waals surface area contributed by atoms with Crippen LogP contribution in [0.3, 0.4) is 0 Å². The number of carbonyl (C=O) groups is 2. The molecule has 0 radical (unpaired) electrons. The lowest BCUT2D eigenvalue weighted by molar-refractivity contribution is 0.0954. The summed E-state index contributed by atoms with van der Waals surface area (Å²) >= 11 is 12.5. The fraction of sp³-hybridized carbons (Fsp3) is 0.167. The molecule has 0 saturated heterocycles. The van der Waals surface area contributed by atoms with Gasteiger partial charge in [0.2, 0.25) is 0 Å². The van der Waals surface area contributed by atoms with Gasteiger partial charge in [0.05, 0.1) is 33.7 Å². The zero-order valence-electron chi connectivity index (χ0n) is 14.5. The summed E-state index contributed by atoms with van der Waals surface area (Å²) in [6.07, 6.45) is 2.92. The van der Waals surface area contributed by atoms with Crippen molar-refractivity contribution in [2.24, 2.45) is 0 Å². The lowest BCUT2D eigenvalue weighted by Crippen LogP contribution is -2.21. The number of anilines is 1. The first-order valence-corrected chi connectivity index (χ1v) is 9.94. The van der Waals surface area contributed by atoms with Crippen LogP contribution < -0.4 is 10.6 Å². The predicted molar refractivity (Wildman–Crippen MR) is 110 cm³/mol. The van der Waals surface area contributed by atoms with Gasteiger partial charge in [-0.2, -0.15) is 0 Å². The van der Waals surface area contributed by atoms with Crippen LogP contribution in [-0.4, -0.2) is 34.0 Å². The van der Waals surface area contributed by atoms with E-state index in [1.165, 1.54) is 11.3 Å². The summed E-state index contributed by atoms with van der Waals surface area (Å²) < 4.78 is 7.24. The van der Waals surface area contributed by atoms with E-state index >= 15 is 0 Å². The highest BCUT2D eigenvalue weighted by Gasteiger charge is 2.09. The first-order valence-electron chi connectivity index (χ1n) is 8.22. The van der Waals surface area contributed by atoms with Gasteiger partial charge in [0.1, 0.15) is 6.61 Å². The van der Waals surface area contributed by atoms with Crippen molar-refractivity contribution < 1.29 is 14.3 Å². The minimum Gasteiger partial charge on any atom is -0.448 e. The molecule has 2 aromatic heterocycles. The predicted octanol–water partition coefficient (Wildman–Crippen LogP) is 4.30. The first-order chi connectivity index (χ1) is 13.5. The zero-order valence-corrected chi connectivity index (χ0v) is 16.9. The molecule has 0 aliphatic carbocycles. The molecular formula is C18H16Cl2N4O3S. The molecule has 3 rings (SSSR count). The summed E-state index contributed by atoms with van der Waals surface area (Å²) in [5.74, 6) is 0.0551. The number of imidazole rings is 1. The van der Waals surface area contributed by atoms with Gasteiger partial charge in [-0.15, -0.1) is 22.9 Å². The number of hydrogen-bond donors (Lipinski definition) is 2. The van der Waals surface area contributed by atoms with Crippen molar-refractivity contribution >= 4 is 52.2 Å². The van der Waals surface area contributed by atoms with Crippen molar-refractivity contribution in [3.63, 3.8) is 0 Å². The number of nitrogens with one attached hydrogen (secondary N) is 2. The second-order valence-corrected chi connectivity index (χ2v) is 7.65. The number of rotatable bonds is 7. The molecule has 146 valence electrons. The number of benzene rings is 1. The third-order valence-corrected chi connectivity index (χ3v) is 4.97. The molecule has 2 amide bonds. The van der Waals surface area contributed by atoms with E-state index in [9.17, 15) is 9.59 Å². The van der Waals surface area contributed by atoms with Crippen LogP contribution in [0.5, 0.6) is 0 Å². The average molecular weight is 439 g/mol. The third-order valence-electron chi connectivity index (χ3n) is 3.59. The maximum absolute atomic E-state index is 12.1. The molecule has 7 nitrogen and oxygen atoms in total. The fourth-order valence-electron chi connectivity index (χ4n) is 2.29. The van der Waals surface area contributed by atoms with Gasteiger partial charge in [-0.3, -0.25) is 10.1 Å². The maximum atomic E-state index is 12.1. The number of amides is 2. The number of ether oxygens (including phenoxy) is 1. The monoisotopic (exact) mass is 438 g/mol. The standard InChI is InChI=1S/C18H16Cl2N4O3S/c19-7-8-27-18(26)23-12-1-3-14(4-2-12)24-10-13(22-11-24)9-21-17(25)15-5-6-16(20)28-15/h1-6,10-11H,7-9H2,(H,21,25)(H,23,26). The highest BCUT2D eigenvalue weighted by molar-refractivity contribution is 7.17. The smallest absolute Gasteiger partial charge is 0.411 e. The number of alkyl halides is 1. The molecule has 0 fully saturated rings. The highest BCUT2D eigenvalue weighted by Crippen LogP contribution is 2.21. The lowest BCUT2D eigenvalue weighted by atomic mass is 10.3. The Hall–Kier alpha value is -2.55. The van der Waals surface area contributed by atoms with Crippen LogP contribution in [0.1, 0.15) is 15.4 Å². The minimum atomic E-state index is -0.555. The van der Waals surface area contributed by atoms with Crippen LogP contribution in [0.4, 0.5) is 10.5 Å². The second-order valence-electron chi connectivity index (χ2n) is 5.56. The van der Waals surface area contributed by atoms with Gasteiger partial charge in [0.15, 0.2) is 0 Å². The molecule has 0 atom stereocenters. The second kappa shape index (κ2) is 9.59. The quantitative estimate of drug-likeness (QED) is 0.538. The van der Waals surface area contributed by atoms with Crippen molar-refractivity contribution in [1.82, 2.24) is 14.9 Å². The van der Waals surface area contributed by atoms with Gasteiger partial charge in [-0.1, -0.05) is 11.6 Å². The number of thiophene rings is 1. The van der Waals surface area contributed by atoms with Crippen molar-refractivity contribution in [2.75, 3.05) is 17.8 Å². The Morgan fingerprint density at radius 3 is 2.64 bits per heavy atom. The minimum absolute atomic E-state index is 0.152. The first kappa shape index (κ1) is 20.2. The van der Waals surface area contributed by atoms with Crippen molar-refractivity contribution in [3.8, 4) is 5.69 Å². The van der Waals surface area contributed by atoms with E-state index in [0.717, 1.165) is 5.69 Å². The van der Waals surface area contributed by atoms with E-state index in [0.29, 0.717) is 27.1 Å². The number of aromatic nitrogens is 2. The fourth-order valence-corrected chi connectivity index (χ4v) is 3.33. The number of hydrogen-bond acceptors (Lipinski definition) is 5.